The lowest BCUT2D eigenvalue weighted by Crippen LogP contribution is -2.02. The molecule has 0 bridgehead atoms. The molecule has 0 radical (unpaired) electrons. The number of aromatic amines is 2. The van der Waals surface area contributed by atoms with Crippen LogP contribution in [0.4, 0.5) is 0 Å². The van der Waals surface area contributed by atoms with Crippen molar-refractivity contribution in [1.29, 1.82) is 0 Å². The fourth-order valence-electron chi connectivity index (χ4n) is 1.91. The van der Waals surface area contributed by atoms with Crippen LogP contribution in [0.1, 0.15) is 0 Å². The molecule has 5 heteroatoms. The number of pyridine rings is 1. The lowest BCUT2D eigenvalue weighted by Gasteiger charge is -2.04. The van der Waals surface area contributed by atoms with E-state index in [-0.39, 0.29) is 5.43 Å². The summed E-state index contributed by atoms with van der Waals surface area (Å²) in [5.41, 5.74) is 2.30. The number of H-pyrrole nitrogens is 2. The van der Waals surface area contributed by atoms with Gasteiger partial charge in [0, 0.05) is 29.3 Å². The van der Waals surface area contributed by atoms with Crippen LogP contribution in [-0.4, -0.2) is 22.3 Å². The third kappa shape index (κ3) is 1.66. The largest absolute Gasteiger partial charge is 0.497 e. The predicted octanol–water partition coefficient (Wildman–Crippen LogP) is 1.93. The number of nitrogens with zero attached hydrogens (tertiary/aromatic N) is 1. The molecule has 3 rings (SSSR count). The standard InChI is InChI=1S/C13H11N3O2/c1-18-9-2-3-10-12(4-9)16-11(5-13(10)17)8-6-14-15-7-8/h2-7H,1H3,(H,14,15)(H,16,17). The Labute approximate surface area is 102 Å². The van der Waals surface area contributed by atoms with E-state index in [0.717, 1.165) is 16.8 Å². The molecular formula is C13H11N3O2. The van der Waals surface area contributed by atoms with E-state index >= 15 is 0 Å². The van der Waals surface area contributed by atoms with Gasteiger partial charge in [-0.25, -0.2) is 0 Å². The molecule has 0 saturated carbocycles. The molecule has 5 nitrogen and oxygen atoms in total. The van der Waals surface area contributed by atoms with Gasteiger partial charge in [-0.1, -0.05) is 0 Å². The van der Waals surface area contributed by atoms with E-state index < -0.39 is 0 Å². The second-order valence-electron chi connectivity index (χ2n) is 3.95. The van der Waals surface area contributed by atoms with E-state index in [0.29, 0.717) is 11.1 Å². The molecule has 0 fully saturated rings. The van der Waals surface area contributed by atoms with Crippen LogP contribution in [0.25, 0.3) is 22.2 Å². The summed E-state index contributed by atoms with van der Waals surface area (Å²) in [4.78, 5) is 15.2. The van der Waals surface area contributed by atoms with Gasteiger partial charge in [-0.2, -0.15) is 5.10 Å². The van der Waals surface area contributed by atoms with Gasteiger partial charge in [-0.05, 0) is 12.1 Å². The van der Waals surface area contributed by atoms with Crippen molar-refractivity contribution in [3.8, 4) is 17.0 Å². The maximum atomic E-state index is 12.0. The first-order valence-electron chi connectivity index (χ1n) is 5.48. The summed E-state index contributed by atoms with van der Waals surface area (Å²) in [6, 6.07) is 6.90. The molecule has 1 aromatic carbocycles. The Hall–Kier alpha value is -2.56. The van der Waals surface area contributed by atoms with Crippen LogP contribution in [0.2, 0.25) is 0 Å². The summed E-state index contributed by atoms with van der Waals surface area (Å²) < 4.78 is 5.15. The minimum atomic E-state index is -0.0254. The fourth-order valence-corrected chi connectivity index (χ4v) is 1.91. The Morgan fingerprint density at radius 1 is 1.28 bits per heavy atom. The highest BCUT2D eigenvalue weighted by Crippen LogP contribution is 2.20. The van der Waals surface area contributed by atoms with Gasteiger partial charge >= 0.3 is 0 Å². The van der Waals surface area contributed by atoms with E-state index in [1.54, 1.807) is 43.8 Å². The van der Waals surface area contributed by atoms with Crippen LogP contribution in [0, 0.1) is 0 Å². The van der Waals surface area contributed by atoms with Crippen LogP contribution in [0.15, 0.2) is 41.5 Å². The number of benzene rings is 1. The van der Waals surface area contributed by atoms with Gasteiger partial charge < -0.3 is 9.72 Å². The molecule has 0 spiro atoms. The SMILES string of the molecule is COc1ccc2c(=O)cc(-c3cn[nH]c3)[nH]c2c1. The second-order valence-corrected chi connectivity index (χ2v) is 3.95. The van der Waals surface area contributed by atoms with Gasteiger partial charge in [-0.3, -0.25) is 9.89 Å². The van der Waals surface area contributed by atoms with Crippen molar-refractivity contribution in [1.82, 2.24) is 15.2 Å². The highest BCUT2D eigenvalue weighted by atomic mass is 16.5. The number of aromatic nitrogens is 3. The van der Waals surface area contributed by atoms with Crippen molar-refractivity contribution < 1.29 is 4.74 Å². The molecule has 0 unspecified atom stereocenters. The van der Waals surface area contributed by atoms with Gasteiger partial charge in [0.25, 0.3) is 0 Å². The zero-order valence-corrected chi connectivity index (χ0v) is 9.73. The fraction of sp³-hybridized carbons (Fsp3) is 0.0769. The Morgan fingerprint density at radius 3 is 2.89 bits per heavy atom. The number of ether oxygens (including phenoxy) is 1. The molecule has 90 valence electrons. The van der Waals surface area contributed by atoms with Crippen LogP contribution < -0.4 is 10.2 Å². The Kier molecular flexibility index (Phi) is 2.37. The molecule has 0 aliphatic heterocycles. The van der Waals surface area contributed by atoms with E-state index in [2.05, 4.69) is 15.2 Å². The zero-order valence-electron chi connectivity index (χ0n) is 9.73. The van der Waals surface area contributed by atoms with Crippen molar-refractivity contribution >= 4 is 10.9 Å². The van der Waals surface area contributed by atoms with Gasteiger partial charge in [0.2, 0.25) is 0 Å². The predicted molar refractivity (Wildman–Crippen MR) is 68.7 cm³/mol. The van der Waals surface area contributed by atoms with Crippen molar-refractivity contribution in [2.75, 3.05) is 7.11 Å². The summed E-state index contributed by atoms with van der Waals surface area (Å²) >= 11 is 0. The van der Waals surface area contributed by atoms with Crippen molar-refractivity contribution in [3.63, 3.8) is 0 Å². The third-order valence-electron chi connectivity index (χ3n) is 2.85. The molecule has 0 atom stereocenters. The molecule has 0 aliphatic carbocycles. The van der Waals surface area contributed by atoms with Crippen LogP contribution in [0.5, 0.6) is 5.75 Å². The zero-order chi connectivity index (χ0) is 12.5. The number of nitrogens with one attached hydrogen (secondary N) is 2. The van der Waals surface area contributed by atoms with Crippen LogP contribution in [-0.2, 0) is 0 Å². The van der Waals surface area contributed by atoms with Crippen LogP contribution in [0.3, 0.4) is 0 Å². The average molecular weight is 241 g/mol. The maximum Gasteiger partial charge on any atom is 0.190 e. The molecule has 0 aliphatic rings. The number of hydrogen-bond donors (Lipinski definition) is 2. The van der Waals surface area contributed by atoms with E-state index in [4.69, 9.17) is 4.74 Å². The molecule has 0 saturated heterocycles. The van der Waals surface area contributed by atoms with Crippen molar-refractivity contribution in [2.45, 2.75) is 0 Å². The number of methoxy groups -OCH3 is 1. The number of hydrogen-bond acceptors (Lipinski definition) is 3. The molecule has 3 aromatic rings. The van der Waals surface area contributed by atoms with Crippen molar-refractivity contribution in [2.24, 2.45) is 0 Å². The third-order valence-corrected chi connectivity index (χ3v) is 2.85. The van der Waals surface area contributed by atoms with Gasteiger partial charge in [0.15, 0.2) is 5.43 Å². The minimum absolute atomic E-state index is 0.0254. The lowest BCUT2D eigenvalue weighted by atomic mass is 10.1. The molecule has 2 N–H and O–H groups in total. The summed E-state index contributed by atoms with van der Waals surface area (Å²) in [7, 11) is 1.60. The number of rotatable bonds is 2. The average Bonchev–Trinajstić information content (AvgIpc) is 2.91. The Bertz CT molecular complexity index is 745. The Balaban J connectivity index is 2.28. The molecule has 0 amide bonds. The summed E-state index contributed by atoms with van der Waals surface area (Å²) in [5.74, 6) is 0.711. The quantitative estimate of drug-likeness (QED) is 0.720. The first-order valence-corrected chi connectivity index (χ1v) is 5.48. The minimum Gasteiger partial charge on any atom is -0.497 e. The lowest BCUT2D eigenvalue weighted by molar-refractivity contribution is 0.415. The van der Waals surface area contributed by atoms with E-state index in [9.17, 15) is 4.79 Å². The van der Waals surface area contributed by atoms with Crippen molar-refractivity contribution in [3.05, 3.63) is 46.9 Å². The van der Waals surface area contributed by atoms with E-state index in [1.807, 2.05) is 0 Å². The first kappa shape index (κ1) is 10.6. The summed E-state index contributed by atoms with van der Waals surface area (Å²) in [6.45, 7) is 0. The first-order chi connectivity index (χ1) is 8.78. The van der Waals surface area contributed by atoms with Gasteiger partial charge in [0.1, 0.15) is 5.75 Å². The highest BCUT2D eigenvalue weighted by Gasteiger charge is 2.05. The second kappa shape index (κ2) is 4.03. The summed E-state index contributed by atoms with van der Waals surface area (Å²) in [6.07, 6.45) is 3.40. The molecular weight excluding hydrogens is 230 g/mol. The van der Waals surface area contributed by atoms with Gasteiger partial charge in [-0.15, -0.1) is 0 Å². The summed E-state index contributed by atoms with van der Waals surface area (Å²) in [5, 5.41) is 7.23. The highest BCUT2D eigenvalue weighted by molar-refractivity contribution is 5.82. The monoisotopic (exact) mass is 241 g/mol. The topological polar surface area (TPSA) is 70.8 Å². The molecule has 2 heterocycles. The smallest absolute Gasteiger partial charge is 0.190 e. The van der Waals surface area contributed by atoms with Crippen LogP contribution >= 0.6 is 0 Å². The van der Waals surface area contributed by atoms with Gasteiger partial charge in [0.05, 0.1) is 24.5 Å². The maximum absolute atomic E-state index is 12.0. The molecule has 18 heavy (non-hydrogen) atoms. The molecule has 2 aromatic heterocycles. The Morgan fingerprint density at radius 2 is 2.17 bits per heavy atom. The number of fused-ring (bicyclic) bond motifs is 1. The van der Waals surface area contributed by atoms with E-state index in [1.165, 1.54) is 0 Å². The normalized spacial score (nSPS) is 10.7.